The van der Waals surface area contributed by atoms with Gasteiger partial charge in [0.1, 0.15) is 0 Å². The molecule has 2 rings (SSSR count). The van der Waals surface area contributed by atoms with Crippen LogP contribution in [0.1, 0.15) is 0 Å². The van der Waals surface area contributed by atoms with E-state index in [1.54, 1.807) is 24.3 Å². The highest BCUT2D eigenvalue weighted by atomic mass is 15.3. The Balaban J connectivity index is 2.86. The van der Waals surface area contributed by atoms with E-state index >= 15 is 0 Å². The van der Waals surface area contributed by atoms with E-state index in [-0.39, 0.29) is 11.6 Å². The van der Waals surface area contributed by atoms with Crippen LogP contribution in [0.3, 0.4) is 0 Å². The van der Waals surface area contributed by atoms with Gasteiger partial charge in [0.15, 0.2) is 11.6 Å². The van der Waals surface area contributed by atoms with Crippen molar-refractivity contribution >= 4 is 22.4 Å². The second-order valence-electron chi connectivity index (χ2n) is 2.77. The van der Waals surface area contributed by atoms with E-state index in [1.807, 2.05) is 0 Å². The molecule has 0 aliphatic rings. The molecular weight excluding hydrogens is 208 g/mol. The highest BCUT2D eigenvalue weighted by Gasteiger charge is 2.05. The van der Waals surface area contributed by atoms with Crippen LogP contribution in [0, 0.1) is 0 Å². The van der Waals surface area contributed by atoms with Gasteiger partial charge in [-0.1, -0.05) is 24.3 Å². The highest BCUT2D eigenvalue weighted by Crippen LogP contribution is 2.29. The van der Waals surface area contributed by atoms with Crippen LogP contribution < -0.4 is 0 Å². The van der Waals surface area contributed by atoms with E-state index in [2.05, 4.69) is 30.2 Å². The van der Waals surface area contributed by atoms with Crippen molar-refractivity contribution in [3.8, 4) is 0 Å². The predicted molar refractivity (Wildman–Crippen MR) is 57.2 cm³/mol. The average molecular weight is 212 g/mol. The molecule has 1 aromatic heterocycles. The summed E-state index contributed by atoms with van der Waals surface area (Å²) in [5, 5.41) is 15.4. The topological polar surface area (TPSA) is 123 Å². The van der Waals surface area contributed by atoms with Gasteiger partial charge in [0.25, 0.3) is 0 Å². The zero-order chi connectivity index (χ0) is 11.4. The second-order valence-corrected chi connectivity index (χ2v) is 2.77. The molecule has 0 bridgehead atoms. The van der Waals surface area contributed by atoms with Gasteiger partial charge >= 0.3 is 0 Å². The summed E-state index contributed by atoms with van der Waals surface area (Å²) >= 11 is 0. The van der Waals surface area contributed by atoms with Crippen molar-refractivity contribution in [2.45, 2.75) is 0 Å². The standard InChI is InChI=1S/C8H4N8/c9-15-13-7-5-3-1-2-4-6(5)8(12-11-7)14-16-10/h1-4H. The third-order valence-electron chi connectivity index (χ3n) is 1.93. The molecule has 0 saturated heterocycles. The fourth-order valence-corrected chi connectivity index (χ4v) is 1.31. The predicted octanol–water partition coefficient (Wildman–Crippen LogP) is 3.51. The smallest absolute Gasteiger partial charge is 0.148 e. The Morgan fingerprint density at radius 2 is 1.31 bits per heavy atom. The molecule has 16 heavy (non-hydrogen) atoms. The van der Waals surface area contributed by atoms with E-state index < -0.39 is 0 Å². The summed E-state index contributed by atoms with van der Waals surface area (Å²) in [4.78, 5) is 5.30. The van der Waals surface area contributed by atoms with Gasteiger partial charge in [0.05, 0.1) is 0 Å². The SMILES string of the molecule is [N-]=[N+]=Nc1nnc(N=[N+]=[N-])c2ccccc12. The summed E-state index contributed by atoms with van der Waals surface area (Å²) in [7, 11) is 0. The lowest BCUT2D eigenvalue weighted by molar-refractivity contribution is 1.03. The third kappa shape index (κ3) is 1.57. The van der Waals surface area contributed by atoms with Crippen LogP contribution >= 0.6 is 0 Å². The van der Waals surface area contributed by atoms with Gasteiger partial charge in [-0.25, -0.2) is 0 Å². The summed E-state index contributed by atoms with van der Waals surface area (Å²) in [5.74, 6) is 0.324. The van der Waals surface area contributed by atoms with Crippen molar-refractivity contribution in [3.63, 3.8) is 0 Å². The van der Waals surface area contributed by atoms with Crippen LogP contribution in [0.5, 0.6) is 0 Å². The Morgan fingerprint density at radius 1 is 0.875 bits per heavy atom. The first-order chi connectivity index (χ1) is 7.86. The number of benzene rings is 1. The lowest BCUT2D eigenvalue weighted by Crippen LogP contribution is -1.84. The largest absolute Gasteiger partial charge is 0.157 e. The van der Waals surface area contributed by atoms with Crippen molar-refractivity contribution in [2.75, 3.05) is 0 Å². The van der Waals surface area contributed by atoms with Crippen LogP contribution in [0.4, 0.5) is 11.6 Å². The lowest BCUT2D eigenvalue weighted by atomic mass is 10.2. The van der Waals surface area contributed by atoms with Crippen LogP contribution in [0.25, 0.3) is 31.7 Å². The maximum absolute atomic E-state index is 8.36. The lowest BCUT2D eigenvalue weighted by Gasteiger charge is -2.01. The molecule has 0 fully saturated rings. The molecule has 8 heteroatoms. The van der Waals surface area contributed by atoms with Crippen molar-refractivity contribution in [1.29, 1.82) is 0 Å². The summed E-state index contributed by atoms with van der Waals surface area (Å²) < 4.78 is 0. The molecule has 0 radical (unpaired) electrons. The summed E-state index contributed by atoms with van der Waals surface area (Å²) in [5.41, 5.74) is 16.7. The van der Waals surface area contributed by atoms with Gasteiger partial charge in [-0.05, 0) is 21.3 Å². The monoisotopic (exact) mass is 212 g/mol. The van der Waals surface area contributed by atoms with Crippen molar-refractivity contribution < 1.29 is 0 Å². The van der Waals surface area contributed by atoms with Crippen LogP contribution in [0.15, 0.2) is 34.5 Å². The Kier molecular flexibility index (Phi) is 2.52. The molecule has 8 nitrogen and oxygen atoms in total. The second kappa shape index (κ2) is 4.14. The van der Waals surface area contributed by atoms with Crippen LogP contribution in [0.2, 0.25) is 0 Å². The van der Waals surface area contributed by atoms with Gasteiger partial charge in [-0.2, -0.15) is 0 Å². The van der Waals surface area contributed by atoms with Crippen LogP contribution in [-0.2, 0) is 0 Å². The number of fused-ring (bicyclic) bond motifs is 1. The molecule has 0 unspecified atom stereocenters. The normalized spacial score (nSPS) is 9.25. The zero-order valence-corrected chi connectivity index (χ0v) is 7.89. The maximum atomic E-state index is 8.36. The Hall–Kier alpha value is -2.82. The van der Waals surface area contributed by atoms with Gasteiger partial charge in [0.2, 0.25) is 0 Å². The van der Waals surface area contributed by atoms with Crippen molar-refractivity contribution in [1.82, 2.24) is 10.2 Å². The first-order valence-corrected chi connectivity index (χ1v) is 4.22. The fraction of sp³-hybridized carbons (Fsp3) is 0. The maximum Gasteiger partial charge on any atom is 0.157 e. The van der Waals surface area contributed by atoms with Gasteiger partial charge in [-0.3, -0.25) is 0 Å². The van der Waals surface area contributed by atoms with E-state index in [1.165, 1.54) is 0 Å². The number of nitrogens with zero attached hydrogens (tertiary/aromatic N) is 8. The molecule has 0 spiro atoms. The minimum atomic E-state index is 0.162. The molecule has 0 saturated carbocycles. The molecule has 0 aliphatic heterocycles. The van der Waals surface area contributed by atoms with E-state index in [9.17, 15) is 0 Å². The molecule has 1 aromatic carbocycles. The molecule has 0 atom stereocenters. The number of hydrogen-bond acceptors (Lipinski definition) is 4. The Labute approximate surface area is 88.8 Å². The third-order valence-corrected chi connectivity index (χ3v) is 1.93. The minimum absolute atomic E-state index is 0.162. The summed E-state index contributed by atoms with van der Waals surface area (Å²) in [6, 6.07) is 6.95. The van der Waals surface area contributed by atoms with Crippen LogP contribution in [-0.4, -0.2) is 10.2 Å². The quantitative estimate of drug-likeness (QED) is 0.429. The fourth-order valence-electron chi connectivity index (χ4n) is 1.31. The van der Waals surface area contributed by atoms with Gasteiger partial charge in [0, 0.05) is 20.6 Å². The molecule has 0 aliphatic carbocycles. The minimum Gasteiger partial charge on any atom is -0.148 e. The van der Waals surface area contributed by atoms with Gasteiger partial charge < -0.3 is 0 Å². The number of azide groups is 2. The average Bonchev–Trinajstić information content (AvgIpc) is 2.33. The summed E-state index contributed by atoms with van der Waals surface area (Å²) in [6.45, 7) is 0. The molecule has 0 N–H and O–H groups in total. The molecule has 0 amide bonds. The number of rotatable bonds is 2. The van der Waals surface area contributed by atoms with E-state index in [0.717, 1.165) is 0 Å². The summed E-state index contributed by atoms with van der Waals surface area (Å²) in [6.07, 6.45) is 0. The zero-order valence-electron chi connectivity index (χ0n) is 7.89. The highest BCUT2D eigenvalue weighted by molar-refractivity contribution is 5.96. The number of hydrogen-bond donors (Lipinski definition) is 0. The molecular formula is C8H4N8. The molecule has 76 valence electrons. The Bertz CT molecular complexity index is 579. The van der Waals surface area contributed by atoms with Crippen molar-refractivity contribution in [3.05, 3.63) is 45.2 Å². The van der Waals surface area contributed by atoms with E-state index in [0.29, 0.717) is 10.8 Å². The first kappa shape index (κ1) is 9.72. The van der Waals surface area contributed by atoms with Crippen molar-refractivity contribution in [2.24, 2.45) is 10.2 Å². The number of aromatic nitrogens is 2. The Morgan fingerprint density at radius 3 is 1.69 bits per heavy atom. The van der Waals surface area contributed by atoms with E-state index in [4.69, 9.17) is 11.1 Å². The molecule has 1 heterocycles. The van der Waals surface area contributed by atoms with Gasteiger partial charge in [-0.15, -0.1) is 10.2 Å². The molecule has 2 aromatic rings. The first-order valence-electron chi connectivity index (χ1n) is 4.22.